The molecule has 0 radical (unpaired) electrons. The van der Waals surface area contributed by atoms with Crippen molar-refractivity contribution in [3.8, 4) is 17.9 Å². The predicted molar refractivity (Wildman–Crippen MR) is 98.4 cm³/mol. The molecule has 2 unspecified atom stereocenters. The van der Waals surface area contributed by atoms with Gasteiger partial charge in [0.1, 0.15) is 41.0 Å². The van der Waals surface area contributed by atoms with E-state index in [1.807, 2.05) is 6.07 Å². The number of hydrogen-bond donors (Lipinski definition) is 0. The van der Waals surface area contributed by atoms with Crippen molar-refractivity contribution < 1.29 is 18.4 Å². The van der Waals surface area contributed by atoms with Crippen molar-refractivity contribution >= 4 is 23.0 Å². The van der Waals surface area contributed by atoms with Crippen LogP contribution in [0.1, 0.15) is 11.1 Å². The lowest BCUT2D eigenvalue weighted by Crippen LogP contribution is -2.33. The highest BCUT2D eigenvalue weighted by Gasteiger charge is 2.62. The molecule has 0 bridgehead atoms. The van der Waals surface area contributed by atoms with E-state index in [9.17, 15) is 14.2 Å². The average molecular weight is 418 g/mol. The van der Waals surface area contributed by atoms with Crippen LogP contribution < -0.4 is 4.74 Å². The summed E-state index contributed by atoms with van der Waals surface area (Å²) >= 11 is 4.31. The second-order valence-electron chi connectivity index (χ2n) is 6.54. The van der Waals surface area contributed by atoms with Crippen molar-refractivity contribution in [3.05, 3.63) is 58.4 Å². The van der Waals surface area contributed by atoms with Crippen LogP contribution in [0.3, 0.4) is 0 Å². The first-order valence-electron chi connectivity index (χ1n) is 8.32. The number of epoxide rings is 1. The molecule has 28 heavy (non-hydrogen) atoms. The van der Waals surface area contributed by atoms with Gasteiger partial charge in [0.15, 0.2) is 4.90 Å². The molecule has 0 N–H and O–H groups in total. The summed E-state index contributed by atoms with van der Waals surface area (Å²) in [4.78, 5) is 0.368. The smallest absolute Gasteiger partial charge is 0.191 e. The van der Waals surface area contributed by atoms with Gasteiger partial charge in [0.25, 0.3) is 0 Å². The van der Waals surface area contributed by atoms with E-state index in [1.165, 1.54) is 18.2 Å². The van der Waals surface area contributed by atoms with Crippen LogP contribution in [0.2, 0.25) is 5.02 Å². The van der Waals surface area contributed by atoms with E-state index in [2.05, 4.69) is 0 Å². The molecule has 0 aromatic heterocycles. The van der Waals surface area contributed by atoms with Gasteiger partial charge in [-0.2, -0.15) is 10.5 Å². The van der Waals surface area contributed by atoms with Crippen molar-refractivity contribution in [1.82, 2.24) is 4.31 Å². The number of halogens is 2. The van der Waals surface area contributed by atoms with Gasteiger partial charge in [-0.1, -0.05) is 11.6 Å². The third kappa shape index (κ3) is 3.42. The van der Waals surface area contributed by atoms with E-state index in [0.29, 0.717) is 23.1 Å². The summed E-state index contributed by atoms with van der Waals surface area (Å²) in [5.74, 6) is -0.391. The van der Waals surface area contributed by atoms with Gasteiger partial charge < -0.3 is 14.0 Å². The summed E-state index contributed by atoms with van der Waals surface area (Å²) in [6.45, 7) is 1.08. The van der Waals surface area contributed by atoms with E-state index in [1.54, 1.807) is 22.5 Å². The summed E-state index contributed by atoms with van der Waals surface area (Å²) in [5, 5.41) is 18.5. The average Bonchev–Trinajstić information content (AvgIpc) is 3.38. The molecule has 2 saturated heterocycles. The molecule has 6 nitrogen and oxygen atoms in total. The zero-order valence-corrected chi connectivity index (χ0v) is 16.0. The Kier molecular flexibility index (Phi) is 4.92. The van der Waals surface area contributed by atoms with Crippen molar-refractivity contribution in [1.29, 1.82) is 10.5 Å². The van der Waals surface area contributed by atoms with Gasteiger partial charge >= 0.3 is 0 Å². The summed E-state index contributed by atoms with van der Waals surface area (Å²) in [6, 6.07) is 12.4. The molecular formula is C19H13ClFN3O3S. The first-order chi connectivity index (χ1) is 13.5. The number of ether oxygens (including phenoxy) is 2. The molecule has 2 heterocycles. The van der Waals surface area contributed by atoms with Crippen LogP contribution in [0.25, 0.3) is 0 Å². The van der Waals surface area contributed by atoms with Gasteiger partial charge in [0.2, 0.25) is 0 Å². The molecule has 2 aliphatic heterocycles. The van der Waals surface area contributed by atoms with Gasteiger partial charge in [-0.15, -0.1) is 4.31 Å². The molecular weight excluding hydrogens is 405 g/mol. The van der Waals surface area contributed by atoms with Gasteiger partial charge in [-0.25, -0.2) is 4.39 Å². The maximum Gasteiger partial charge on any atom is 0.191 e. The molecule has 0 aliphatic carbocycles. The normalized spacial score (nSPS) is 24.5. The summed E-state index contributed by atoms with van der Waals surface area (Å²) in [6.07, 6.45) is -0.457. The quantitative estimate of drug-likeness (QED) is 0.560. The first-order valence-corrected chi connectivity index (χ1v) is 9.81. The van der Waals surface area contributed by atoms with Crippen molar-refractivity contribution in [2.45, 2.75) is 16.6 Å². The number of nitriles is 2. The maximum atomic E-state index is 13.8. The fourth-order valence-corrected chi connectivity index (χ4v) is 4.70. The maximum absolute atomic E-state index is 13.8. The minimum absolute atomic E-state index is 0.0642. The minimum atomic E-state index is -1.60. The van der Waals surface area contributed by atoms with Crippen LogP contribution in [-0.4, -0.2) is 40.3 Å². The highest BCUT2D eigenvalue weighted by atomic mass is 35.5. The molecule has 0 amide bonds. The van der Waals surface area contributed by atoms with E-state index >= 15 is 0 Å². The van der Waals surface area contributed by atoms with E-state index in [-0.39, 0.29) is 23.4 Å². The Hall–Kier alpha value is -2.33. The Balaban J connectivity index is 1.53. The highest BCUT2D eigenvalue weighted by Crippen LogP contribution is 2.42. The Bertz CT molecular complexity index is 1020. The standard InChI is InChI=1S/C19H13ClFN3O3S/c20-14-2-4-17(13(5-14)8-23)28(25)24-9-18(19(10-24)11-26-19)27-15-3-1-12(7-22)16(21)6-15/h1-6,18H,9-11H2/t18-,19?,28?/m0/s1. The Morgan fingerprint density at radius 3 is 2.64 bits per heavy atom. The topological polar surface area (TPSA) is 95.6 Å². The lowest BCUT2D eigenvalue weighted by atomic mass is 10.1. The predicted octanol–water partition coefficient (Wildman–Crippen LogP) is 2.78. The Labute approximate surface area is 169 Å². The van der Waals surface area contributed by atoms with Gasteiger partial charge in [0, 0.05) is 11.1 Å². The second-order valence-corrected chi connectivity index (χ2v) is 8.43. The van der Waals surface area contributed by atoms with E-state index < -0.39 is 28.9 Å². The number of nitrogens with zero attached hydrogens (tertiary/aromatic N) is 3. The molecule has 2 fully saturated rings. The van der Waals surface area contributed by atoms with Crippen LogP contribution >= 0.6 is 11.6 Å². The fraction of sp³-hybridized carbons (Fsp3) is 0.263. The SMILES string of the molecule is N#Cc1ccc(O[C@H]2CN([S+]([O-])c3ccc(Cl)cc3C#N)CC23CO3)cc1F. The third-order valence-electron chi connectivity index (χ3n) is 4.74. The summed E-state index contributed by atoms with van der Waals surface area (Å²) in [7, 11) is 0. The molecule has 4 rings (SSSR count). The van der Waals surface area contributed by atoms with E-state index in [0.717, 1.165) is 6.07 Å². The summed E-state index contributed by atoms with van der Waals surface area (Å²) in [5.41, 5.74) is -0.431. The molecule has 2 aromatic rings. The van der Waals surface area contributed by atoms with Crippen LogP contribution in [0.5, 0.6) is 5.75 Å². The highest BCUT2D eigenvalue weighted by molar-refractivity contribution is 7.89. The fourth-order valence-electron chi connectivity index (χ4n) is 3.16. The third-order valence-corrected chi connectivity index (χ3v) is 6.45. The van der Waals surface area contributed by atoms with Crippen molar-refractivity contribution in [3.63, 3.8) is 0 Å². The second kappa shape index (κ2) is 7.25. The van der Waals surface area contributed by atoms with Gasteiger partial charge in [-0.05, 0) is 30.3 Å². The monoisotopic (exact) mass is 417 g/mol. The molecule has 2 aliphatic rings. The van der Waals surface area contributed by atoms with Crippen molar-refractivity contribution in [2.75, 3.05) is 19.7 Å². The minimum Gasteiger partial charge on any atom is -0.593 e. The van der Waals surface area contributed by atoms with Crippen LogP contribution in [-0.2, 0) is 16.1 Å². The molecule has 1 spiro atoms. The van der Waals surface area contributed by atoms with Crippen molar-refractivity contribution in [2.24, 2.45) is 0 Å². The van der Waals surface area contributed by atoms with Gasteiger partial charge in [0.05, 0.1) is 36.6 Å². The Morgan fingerprint density at radius 1 is 1.25 bits per heavy atom. The molecule has 3 atom stereocenters. The van der Waals surface area contributed by atoms with Crippen LogP contribution in [0.15, 0.2) is 41.3 Å². The van der Waals surface area contributed by atoms with E-state index in [4.69, 9.17) is 26.3 Å². The molecule has 142 valence electrons. The van der Waals surface area contributed by atoms with Crippen LogP contribution in [0.4, 0.5) is 4.39 Å². The van der Waals surface area contributed by atoms with Crippen LogP contribution in [0, 0.1) is 28.5 Å². The zero-order valence-electron chi connectivity index (χ0n) is 14.4. The molecule has 0 saturated carbocycles. The first kappa shape index (κ1) is 19.0. The number of hydrogen-bond acceptors (Lipinski definition) is 6. The molecule has 9 heteroatoms. The zero-order chi connectivity index (χ0) is 19.9. The lowest BCUT2D eigenvalue weighted by Gasteiger charge is -2.20. The molecule has 2 aromatic carbocycles. The van der Waals surface area contributed by atoms with Gasteiger partial charge in [-0.3, -0.25) is 0 Å². The Morgan fingerprint density at radius 2 is 2.00 bits per heavy atom. The number of benzene rings is 2. The largest absolute Gasteiger partial charge is 0.593 e. The lowest BCUT2D eigenvalue weighted by molar-refractivity contribution is 0.135. The number of rotatable bonds is 4. The summed E-state index contributed by atoms with van der Waals surface area (Å²) < 4.78 is 40.0.